The van der Waals surface area contributed by atoms with Gasteiger partial charge in [-0.15, -0.1) is 0 Å². The first-order chi connectivity index (χ1) is 13.6. The van der Waals surface area contributed by atoms with Gasteiger partial charge in [-0.25, -0.2) is 8.93 Å². The van der Waals surface area contributed by atoms with Crippen LogP contribution in [0.25, 0.3) is 0 Å². The van der Waals surface area contributed by atoms with Crippen LogP contribution in [-0.4, -0.2) is 53.9 Å². The van der Waals surface area contributed by atoms with E-state index in [2.05, 4.69) is 4.72 Å². The molecule has 0 amide bonds. The highest BCUT2D eigenvalue weighted by molar-refractivity contribution is 7.84. The van der Waals surface area contributed by atoms with E-state index in [4.69, 9.17) is 23.7 Å². The summed E-state index contributed by atoms with van der Waals surface area (Å²) in [5.41, 5.74) is 0.980. The summed E-state index contributed by atoms with van der Waals surface area (Å²) in [6.45, 7) is 11.0. The molecule has 1 N–H and O–H groups in total. The van der Waals surface area contributed by atoms with E-state index in [1.54, 1.807) is 7.11 Å². The lowest BCUT2D eigenvalue weighted by atomic mass is 9.97. The summed E-state index contributed by atoms with van der Waals surface area (Å²) in [5, 5.41) is 0. The number of ether oxygens (including phenoxy) is 5. The third-order valence-electron chi connectivity index (χ3n) is 4.87. The molecule has 1 saturated heterocycles. The Balaban J connectivity index is 1.65. The van der Waals surface area contributed by atoms with Crippen molar-refractivity contribution in [1.82, 2.24) is 4.72 Å². The van der Waals surface area contributed by atoms with Gasteiger partial charge in [0.15, 0.2) is 5.79 Å². The molecule has 0 aliphatic carbocycles. The monoisotopic (exact) mass is 427 g/mol. The summed E-state index contributed by atoms with van der Waals surface area (Å²) < 4.78 is 44.3. The Bertz CT molecular complexity index is 732. The molecule has 1 aromatic rings. The van der Waals surface area contributed by atoms with E-state index in [9.17, 15) is 4.21 Å². The minimum atomic E-state index is -1.19. The van der Waals surface area contributed by atoms with Crippen LogP contribution in [0.3, 0.4) is 0 Å². The van der Waals surface area contributed by atoms with Gasteiger partial charge in [0.2, 0.25) is 0 Å². The fourth-order valence-corrected chi connectivity index (χ4v) is 4.18. The number of hydrogen-bond donors (Lipinski definition) is 1. The first-order valence-corrected chi connectivity index (χ1v) is 11.1. The highest BCUT2D eigenvalue weighted by atomic mass is 32.2. The molecule has 1 fully saturated rings. The predicted molar refractivity (Wildman–Crippen MR) is 112 cm³/mol. The van der Waals surface area contributed by atoms with Gasteiger partial charge >= 0.3 is 0 Å². The van der Waals surface area contributed by atoms with Crippen molar-refractivity contribution < 1.29 is 27.9 Å². The summed E-state index contributed by atoms with van der Waals surface area (Å²) in [4.78, 5) is 0. The first kappa shape index (κ1) is 22.5. The Morgan fingerprint density at radius 1 is 1.24 bits per heavy atom. The zero-order chi connectivity index (χ0) is 21.2. The Hall–Kier alpha value is -1.19. The molecule has 3 rings (SSSR count). The molecule has 2 aliphatic heterocycles. The van der Waals surface area contributed by atoms with Gasteiger partial charge in [0.25, 0.3) is 0 Å². The van der Waals surface area contributed by atoms with Crippen LogP contribution in [-0.2, 0) is 25.2 Å². The highest BCUT2D eigenvalue weighted by Gasteiger charge is 2.34. The maximum absolute atomic E-state index is 12.7. The highest BCUT2D eigenvalue weighted by Crippen LogP contribution is 2.38. The number of methoxy groups -OCH3 is 1. The maximum atomic E-state index is 12.7. The van der Waals surface area contributed by atoms with Crippen LogP contribution in [0.2, 0.25) is 0 Å². The molecule has 2 aliphatic rings. The molecule has 164 valence electrons. The van der Waals surface area contributed by atoms with Crippen LogP contribution in [0.4, 0.5) is 0 Å². The van der Waals surface area contributed by atoms with Gasteiger partial charge in [-0.2, -0.15) is 0 Å². The second kappa shape index (κ2) is 8.89. The summed E-state index contributed by atoms with van der Waals surface area (Å²) >= 11 is 0. The molecule has 4 atom stereocenters. The fraction of sp³-hybridized carbons (Fsp3) is 0.714. The van der Waals surface area contributed by atoms with Gasteiger partial charge in [0, 0.05) is 18.1 Å². The summed E-state index contributed by atoms with van der Waals surface area (Å²) in [6.07, 6.45) is 0.414. The molecule has 0 radical (unpaired) electrons. The number of nitrogens with one attached hydrogen (secondary N) is 1. The molecule has 0 bridgehead atoms. The van der Waals surface area contributed by atoms with E-state index in [1.807, 2.05) is 52.8 Å². The molecule has 0 spiro atoms. The fourth-order valence-electron chi connectivity index (χ4n) is 3.34. The molecule has 0 aromatic heterocycles. The van der Waals surface area contributed by atoms with Crippen molar-refractivity contribution in [2.45, 2.75) is 69.8 Å². The minimum absolute atomic E-state index is 0.0803. The summed E-state index contributed by atoms with van der Waals surface area (Å²) in [5.74, 6) is 0.894. The lowest BCUT2D eigenvalue weighted by Crippen LogP contribution is -2.41. The van der Waals surface area contributed by atoms with Crippen molar-refractivity contribution in [2.24, 2.45) is 0 Å². The molecule has 1 unspecified atom stereocenters. The molecule has 2 heterocycles. The van der Waals surface area contributed by atoms with Crippen LogP contribution in [0.1, 0.15) is 52.6 Å². The largest absolute Gasteiger partial charge is 0.497 e. The predicted octanol–water partition coefficient (Wildman–Crippen LogP) is 3.11. The second-order valence-electron chi connectivity index (χ2n) is 8.92. The standard InChI is InChI=1S/C21H33NO6S/c1-20(2,3)29(23)22-18-9-15(11-25-12-16-13-26-21(4,5)28-16)27-19-10-14(24-6)7-8-17(18)19/h7-8,10,15-16,18,22H,9,11-13H2,1-6H3/t15-,16+,18-,29?/m1/s1. The Morgan fingerprint density at radius 2 is 1.97 bits per heavy atom. The smallest absolute Gasteiger partial charge is 0.163 e. The van der Waals surface area contributed by atoms with Gasteiger partial charge in [-0.3, -0.25) is 0 Å². The van der Waals surface area contributed by atoms with Gasteiger partial charge in [-0.05, 0) is 40.7 Å². The lowest BCUT2D eigenvalue weighted by Gasteiger charge is -2.34. The zero-order valence-corrected chi connectivity index (χ0v) is 19.0. The minimum Gasteiger partial charge on any atom is -0.497 e. The normalized spacial score (nSPS) is 27.2. The van der Waals surface area contributed by atoms with E-state index < -0.39 is 16.8 Å². The van der Waals surface area contributed by atoms with Crippen molar-refractivity contribution in [3.05, 3.63) is 23.8 Å². The number of benzene rings is 1. The third kappa shape index (κ3) is 5.92. The van der Waals surface area contributed by atoms with Crippen LogP contribution < -0.4 is 14.2 Å². The van der Waals surface area contributed by atoms with Gasteiger partial charge in [0.05, 0.1) is 48.7 Å². The lowest BCUT2D eigenvalue weighted by molar-refractivity contribution is -0.146. The van der Waals surface area contributed by atoms with Crippen molar-refractivity contribution in [1.29, 1.82) is 0 Å². The average molecular weight is 428 g/mol. The maximum Gasteiger partial charge on any atom is 0.163 e. The van der Waals surface area contributed by atoms with E-state index >= 15 is 0 Å². The van der Waals surface area contributed by atoms with Gasteiger partial charge in [0.1, 0.15) is 23.7 Å². The van der Waals surface area contributed by atoms with Crippen LogP contribution in [0.5, 0.6) is 11.5 Å². The molecular formula is C21H33NO6S. The van der Waals surface area contributed by atoms with E-state index in [1.165, 1.54) is 0 Å². The van der Waals surface area contributed by atoms with Crippen LogP contribution >= 0.6 is 0 Å². The molecule has 0 saturated carbocycles. The summed E-state index contributed by atoms with van der Waals surface area (Å²) in [7, 11) is 0.431. The number of fused-ring (bicyclic) bond motifs is 1. The number of hydrogen-bond acceptors (Lipinski definition) is 6. The first-order valence-electron chi connectivity index (χ1n) is 9.99. The molecule has 7 nitrogen and oxygen atoms in total. The summed E-state index contributed by atoms with van der Waals surface area (Å²) in [6, 6.07) is 5.64. The quantitative estimate of drug-likeness (QED) is 0.721. The van der Waals surface area contributed by atoms with Crippen molar-refractivity contribution >= 4 is 11.0 Å². The Kier molecular flexibility index (Phi) is 6.90. The van der Waals surface area contributed by atoms with Crippen molar-refractivity contribution in [3.63, 3.8) is 0 Å². The van der Waals surface area contributed by atoms with E-state index in [0.717, 1.165) is 17.1 Å². The molecule has 1 aromatic carbocycles. The molecule has 29 heavy (non-hydrogen) atoms. The van der Waals surface area contributed by atoms with Crippen LogP contribution in [0.15, 0.2) is 18.2 Å². The van der Waals surface area contributed by atoms with Gasteiger partial charge in [-0.1, -0.05) is 6.07 Å². The Morgan fingerprint density at radius 3 is 2.59 bits per heavy atom. The van der Waals surface area contributed by atoms with Crippen molar-refractivity contribution in [3.8, 4) is 11.5 Å². The average Bonchev–Trinajstić information content (AvgIpc) is 2.99. The third-order valence-corrected chi connectivity index (χ3v) is 6.48. The Labute approximate surface area is 176 Å². The molecule has 8 heteroatoms. The van der Waals surface area contributed by atoms with E-state index in [-0.39, 0.29) is 23.0 Å². The van der Waals surface area contributed by atoms with Crippen molar-refractivity contribution in [2.75, 3.05) is 26.9 Å². The van der Waals surface area contributed by atoms with Crippen LogP contribution in [0, 0.1) is 0 Å². The van der Waals surface area contributed by atoms with Gasteiger partial charge < -0.3 is 23.7 Å². The zero-order valence-electron chi connectivity index (χ0n) is 18.2. The molecular weight excluding hydrogens is 394 g/mol. The van der Waals surface area contributed by atoms with E-state index in [0.29, 0.717) is 26.2 Å². The second-order valence-corrected chi connectivity index (χ2v) is 10.9. The number of rotatable bonds is 7. The topological polar surface area (TPSA) is 75.2 Å². The SMILES string of the molecule is COc1ccc2c(c1)O[C@@H](COC[C@H]1COC(C)(C)O1)C[C@H]2NS(=O)C(C)(C)C.